The van der Waals surface area contributed by atoms with Crippen LogP contribution in [0.3, 0.4) is 0 Å². The van der Waals surface area contributed by atoms with Gasteiger partial charge in [-0.2, -0.15) is 0 Å². The molecule has 9 heteroatoms. The first-order valence-electron chi connectivity index (χ1n) is 26.3. The van der Waals surface area contributed by atoms with Crippen LogP contribution < -0.4 is 0 Å². The van der Waals surface area contributed by atoms with Crippen LogP contribution >= 0.6 is 0 Å². The number of hydrogen-bond acceptors (Lipinski definition) is 6. The standard InChI is InChI=1S/2C22H26N2O.C20H24N2O/c1-18-14-19(2)16-21(15-18)17-23-10-12-24(13-11-23)22(25)9-8-20-6-4-3-5-7-20;1-19-7-5-6-10-21(19)13-14-23-15-17-24(18-16-23)22(25)12-11-20-8-3-2-4-9-20;23-20(12-11-18-7-3-1-4-8-18)22-15-13-21(14-16-22)17-19-9-5-2-6-10-19/h3-9,14-16H,10-13,17H2,1-2H3;2-12H,13-18H2,1H3;1-5,7-9,11-12H,6,10,13-17H2/b9-8+;2*12-11+. The number of rotatable bonds is 13. The lowest BCUT2D eigenvalue weighted by Gasteiger charge is -2.34. The fourth-order valence-electron chi connectivity index (χ4n) is 9.61. The van der Waals surface area contributed by atoms with E-state index in [2.05, 4.69) is 96.2 Å². The van der Waals surface area contributed by atoms with E-state index in [0.717, 1.165) is 128 Å². The van der Waals surface area contributed by atoms with E-state index in [1.807, 2.05) is 124 Å². The molecule has 0 unspecified atom stereocenters. The second-order valence-electron chi connectivity index (χ2n) is 19.6. The highest BCUT2D eigenvalue weighted by molar-refractivity contribution is 5.93. The largest absolute Gasteiger partial charge is 0.337 e. The summed E-state index contributed by atoms with van der Waals surface area (Å²) in [6.07, 6.45) is 20.8. The average molecular weight is 977 g/mol. The predicted octanol–water partition coefficient (Wildman–Crippen LogP) is 10.2. The quantitative estimate of drug-likeness (QED) is 0.110. The minimum absolute atomic E-state index is 0.106. The molecule has 0 spiro atoms. The Kier molecular flexibility index (Phi) is 21.4. The van der Waals surface area contributed by atoms with Gasteiger partial charge >= 0.3 is 0 Å². The number of carbonyl (C=O) groups is 3. The van der Waals surface area contributed by atoms with Crippen molar-refractivity contribution in [3.8, 4) is 0 Å². The molecule has 5 aromatic carbocycles. The molecule has 9 rings (SSSR count). The van der Waals surface area contributed by atoms with Crippen molar-refractivity contribution in [3.63, 3.8) is 0 Å². The third-order valence-corrected chi connectivity index (χ3v) is 13.9. The van der Waals surface area contributed by atoms with Crippen molar-refractivity contribution in [2.75, 3.05) is 91.6 Å². The van der Waals surface area contributed by atoms with Crippen molar-refractivity contribution in [2.45, 2.75) is 46.6 Å². The second-order valence-corrected chi connectivity index (χ2v) is 19.6. The summed E-state index contributed by atoms with van der Waals surface area (Å²) in [5, 5.41) is 0. The van der Waals surface area contributed by atoms with Crippen molar-refractivity contribution >= 4 is 35.9 Å². The van der Waals surface area contributed by atoms with Crippen molar-refractivity contribution in [3.05, 3.63) is 220 Å². The van der Waals surface area contributed by atoms with Crippen LogP contribution in [0.25, 0.3) is 18.2 Å². The molecule has 1 aliphatic carbocycles. The average Bonchev–Trinajstić information content (AvgIpc) is 3.42. The molecular formula is C64H76N6O3. The van der Waals surface area contributed by atoms with Crippen LogP contribution in [0.5, 0.6) is 0 Å². The van der Waals surface area contributed by atoms with E-state index in [1.54, 1.807) is 18.2 Å². The first kappa shape index (κ1) is 53.9. The number of carbonyl (C=O) groups excluding carboxylic acids is 3. The van der Waals surface area contributed by atoms with Gasteiger partial charge in [0.05, 0.1) is 0 Å². The molecule has 0 atom stereocenters. The topological polar surface area (TPSA) is 70.6 Å². The molecule has 3 saturated heterocycles. The van der Waals surface area contributed by atoms with Crippen molar-refractivity contribution in [1.82, 2.24) is 29.4 Å². The Morgan fingerprint density at radius 3 is 1.30 bits per heavy atom. The molecular weight excluding hydrogens is 901 g/mol. The number of nitrogens with zero attached hydrogens (tertiary/aromatic N) is 6. The summed E-state index contributed by atoms with van der Waals surface area (Å²) in [6, 6.07) is 45.2. The molecule has 0 aromatic heterocycles. The van der Waals surface area contributed by atoms with Gasteiger partial charge in [0.2, 0.25) is 17.7 Å². The zero-order valence-corrected chi connectivity index (χ0v) is 43.5. The van der Waals surface area contributed by atoms with Crippen LogP contribution in [-0.4, -0.2) is 139 Å². The van der Waals surface area contributed by atoms with E-state index in [4.69, 9.17) is 0 Å². The van der Waals surface area contributed by atoms with Crippen LogP contribution in [0.2, 0.25) is 0 Å². The van der Waals surface area contributed by atoms with Gasteiger partial charge in [0.15, 0.2) is 0 Å². The number of hydrogen-bond donors (Lipinski definition) is 0. The summed E-state index contributed by atoms with van der Waals surface area (Å²) in [7, 11) is 0. The minimum Gasteiger partial charge on any atom is -0.337 e. The normalized spacial score (nSPS) is 16.8. The van der Waals surface area contributed by atoms with E-state index < -0.39 is 0 Å². The summed E-state index contributed by atoms with van der Waals surface area (Å²) in [5.74, 6) is 0.339. The third-order valence-electron chi connectivity index (χ3n) is 13.9. The van der Waals surface area contributed by atoms with Crippen molar-refractivity contribution in [1.29, 1.82) is 0 Å². The number of amides is 3. The molecule has 9 nitrogen and oxygen atoms in total. The molecule has 0 N–H and O–H groups in total. The lowest BCUT2D eigenvalue weighted by molar-refractivity contribution is -0.128. The van der Waals surface area contributed by atoms with Crippen molar-refractivity contribution < 1.29 is 14.4 Å². The van der Waals surface area contributed by atoms with Crippen LogP contribution in [0.4, 0.5) is 0 Å². The lowest BCUT2D eigenvalue weighted by atomic mass is 10.0. The van der Waals surface area contributed by atoms with E-state index in [-0.39, 0.29) is 17.7 Å². The van der Waals surface area contributed by atoms with Gasteiger partial charge in [0.25, 0.3) is 0 Å². The summed E-state index contributed by atoms with van der Waals surface area (Å²) in [6.45, 7) is 20.1. The monoisotopic (exact) mass is 977 g/mol. The van der Waals surface area contributed by atoms with Gasteiger partial charge in [-0.3, -0.25) is 29.1 Å². The third kappa shape index (κ3) is 18.6. The zero-order chi connectivity index (χ0) is 51.0. The Bertz CT molecular complexity index is 2630. The van der Waals surface area contributed by atoms with E-state index in [9.17, 15) is 14.4 Å². The number of piperazine rings is 3. The Labute approximate surface area is 436 Å². The fourth-order valence-corrected chi connectivity index (χ4v) is 9.61. The highest BCUT2D eigenvalue weighted by Gasteiger charge is 2.22. The second kappa shape index (κ2) is 29.0. The van der Waals surface area contributed by atoms with Gasteiger partial charge in [-0.05, 0) is 91.6 Å². The smallest absolute Gasteiger partial charge is 0.246 e. The van der Waals surface area contributed by atoms with Gasteiger partial charge in [-0.1, -0.05) is 168 Å². The number of aryl methyl sites for hydroxylation is 3. The van der Waals surface area contributed by atoms with Gasteiger partial charge in [0, 0.05) is 116 Å². The maximum atomic E-state index is 12.3. The van der Waals surface area contributed by atoms with Gasteiger partial charge < -0.3 is 14.7 Å². The summed E-state index contributed by atoms with van der Waals surface area (Å²) >= 11 is 0. The fraction of sp³-hybridized carbons (Fsp3) is 0.328. The summed E-state index contributed by atoms with van der Waals surface area (Å²) in [5.41, 5.74) is 11.5. The highest BCUT2D eigenvalue weighted by atomic mass is 16.2. The molecule has 73 heavy (non-hydrogen) atoms. The minimum atomic E-state index is 0.106. The van der Waals surface area contributed by atoms with Crippen LogP contribution in [0.1, 0.15) is 57.3 Å². The molecule has 0 saturated carbocycles. The highest BCUT2D eigenvalue weighted by Crippen LogP contribution is 2.17. The number of allylic oxidation sites excluding steroid dienone is 3. The molecule has 0 radical (unpaired) electrons. The van der Waals surface area contributed by atoms with Crippen LogP contribution in [-0.2, 0) is 27.3 Å². The Balaban J connectivity index is 0.000000160. The Morgan fingerprint density at radius 1 is 0.466 bits per heavy atom. The summed E-state index contributed by atoms with van der Waals surface area (Å²) in [4.78, 5) is 50.1. The number of benzene rings is 5. The molecule has 5 aromatic rings. The molecule has 380 valence electrons. The Hall–Kier alpha value is -6.91. The molecule has 3 amide bonds. The first-order chi connectivity index (χ1) is 35.6. The molecule has 3 fully saturated rings. The van der Waals surface area contributed by atoms with Gasteiger partial charge in [-0.25, -0.2) is 0 Å². The van der Waals surface area contributed by atoms with E-state index in [1.165, 1.54) is 39.8 Å². The lowest BCUT2D eigenvalue weighted by Crippen LogP contribution is -2.48. The van der Waals surface area contributed by atoms with Crippen LogP contribution in [0, 0.1) is 20.8 Å². The zero-order valence-electron chi connectivity index (χ0n) is 43.5. The molecule has 3 aliphatic heterocycles. The summed E-state index contributed by atoms with van der Waals surface area (Å²) < 4.78 is 0. The molecule has 4 aliphatic rings. The molecule has 3 heterocycles. The maximum Gasteiger partial charge on any atom is 0.246 e. The van der Waals surface area contributed by atoms with Crippen molar-refractivity contribution in [2.24, 2.45) is 0 Å². The maximum absolute atomic E-state index is 12.3. The van der Waals surface area contributed by atoms with Crippen LogP contribution in [0.15, 0.2) is 175 Å². The van der Waals surface area contributed by atoms with Gasteiger partial charge in [-0.15, -0.1) is 0 Å². The van der Waals surface area contributed by atoms with E-state index >= 15 is 0 Å². The Morgan fingerprint density at radius 2 is 0.877 bits per heavy atom. The first-order valence-corrected chi connectivity index (χ1v) is 26.3. The predicted molar refractivity (Wildman–Crippen MR) is 302 cm³/mol. The SMILES string of the molecule is Cc1cc(C)cc(CN2CCN(C(=O)/C=C/c3ccccc3)CC2)c1.Cc1ccccc1CCN1CCN(C(=O)/C=C/c2ccccc2)CC1.O=C(/C=C/c1ccccc1)N1CCN(CC2=CC=CCC2)CC1. The van der Waals surface area contributed by atoms with E-state index in [0.29, 0.717) is 0 Å². The van der Waals surface area contributed by atoms with Gasteiger partial charge in [0.1, 0.15) is 0 Å². The molecule has 0 bridgehead atoms.